The van der Waals surface area contributed by atoms with Gasteiger partial charge in [0.05, 0.1) is 12.4 Å². The molecule has 0 amide bonds. The summed E-state index contributed by atoms with van der Waals surface area (Å²) in [7, 11) is -2.24. The van der Waals surface area contributed by atoms with Crippen molar-refractivity contribution in [3.8, 4) is 0 Å². The van der Waals surface area contributed by atoms with Crippen LogP contribution in [0.15, 0.2) is 24.3 Å². The van der Waals surface area contributed by atoms with Gasteiger partial charge in [-0.3, -0.25) is 9.52 Å². The summed E-state index contributed by atoms with van der Waals surface area (Å²) in [5.41, 5.74) is 1.51. The second-order valence-electron chi connectivity index (χ2n) is 4.86. The number of sulfonamides is 1. The zero-order chi connectivity index (χ0) is 14.8. The Kier molecular flexibility index (Phi) is 4.29. The van der Waals surface area contributed by atoms with E-state index in [-0.39, 0.29) is 13.0 Å². The minimum Gasteiger partial charge on any atom is -0.468 e. The summed E-state index contributed by atoms with van der Waals surface area (Å²) in [5, 5.41) is 2.22. The highest BCUT2D eigenvalue weighted by atomic mass is 32.2. The molecule has 0 bridgehead atoms. The van der Waals surface area contributed by atoms with Gasteiger partial charge in [-0.05, 0) is 31.0 Å². The Hall–Kier alpha value is -1.60. The highest BCUT2D eigenvalue weighted by Crippen LogP contribution is 2.19. The summed E-state index contributed by atoms with van der Waals surface area (Å²) in [6, 6.07) is 6.58. The average Bonchev–Trinajstić information content (AvgIpc) is 2.87. The molecule has 2 unspecified atom stereocenters. The Morgan fingerprint density at radius 1 is 1.45 bits per heavy atom. The maximum absolute atomic E-state index is 12.3. The van der Waals surface area contributed by atoms with E-state index in [2.05, 4.69) is 14.8 Å². The van der Waals surface area contributed by atoms with Crippen molar-refractivity contribution in [3.63, 3.8) is 0 Å². The largest absolute Gasteiger partial charge is 0.468 e. The first kappa shape index (κ1) is 14.8. The van der Waals surface area contributed by atoms with Crippen LogP contribution in [0.1, 0.15) is 12.0 Å². The summed E-state index contributed by atoms with van der Waals surface area (Å²) in [6.07, 6.45) is 0.216. The molecule has 0 saturated carbocycles. The molecule has 110 valence electrons. The fourth-order valence-corrected chi connectivity index (χ4v) is 3.60. The van der Waals surface area contributed by atoms with Gasteiger partial charge in [-0.15, -0.1) is 0 Å². The third-order valence-corrected chi connectivity index (χ3v) is 5.05. The number of carbonyl (C=O) groups excluding carboxylic acids is 1. The Balaban J connectivity index is 2.07. The molecule has 6 nitrogen and oxygen atoms in total. The van der Waals surface area contributed by atoms with Gasteiger partial charge in [-0.2, -0.15) is 0 Å². The SMILES string of the molecule is COC(=O)C1CC(S(=O)(=O)Nc2cccc(C)c2)CN1. The fourth-order valence-electron chi connectivity index (χ4n) is 2.22. The quantitative estimate of drug-likeness (QED) is 0.797. The van der Waals surface area contributed by atoms with Crippen LogP contribution >= 0.6 is 0 Å². The number of aryl methyl sites for hydroxylation is 1. The van der Waals surface area contributed by atoms with Crippen LogP contribution in [0.4, 0.5) is 5.69 Å². The van der Waals surface area contributed by atoms with Crippen molar-refractivity contribution in [2.45, 2.75) is 24.6 Å². The lowest BCUT2D eigenvalue weighted by Crippen LogP contribution is -2.31. The van der Waals surface area contributed by atoms with E-state index in [1.165, 1.54) is 7.11 Å². The molecule has 2 rings (SSSR count). The van der Waals surface area contributed by atoms with Crippen LogP contribution in [-0.4, -0.2) is 39.3 Å². The zero-order valence-corrected chi connectivity index (χ0v) is 12.2. The van der Waals surface area contributed by atoms with E-state index >= 15 is 0 Å². The minimum atomic E-state index is -3.52. The van der Waals surface area contributed by atoms with E-state index in [1.807, 2.05) is 13.0 Å². The molecule has 0 aliphatic carbocycles. The van der Waals surface area contributed by atoms with Crippen LogP contribution < -0.4 is 10.0 Å². The summed E-state index contributed by atoms with van der Waals surface area (Å²) < 4.78 is 31.7. The standard InChI is InChI=1S/C13H18N2O4S/c1-9-4-3-5-10(6-9)15-20(17,18)11-7-12(14-8-11)13(16)19-2/h3-6,11-12,14-15H,7-8H2,1-2H3. The molecule has 1 aliphatic rings. The molecule has 20 heavy (non-hydrogen) atoms. The third-order valence-electron chi connectivity index (χ3n) is 3.29. The molecular weight excluding hydrogens is 280 g/mol. The van der Waals surface area contributed by atoms with Crippen molar-refractivity contribution in [1.29, 1.82) is 0 Å². The highest BCUT2D eigenvalue weighted by Gasteiger charge is 2.37. The van der Waals surface area contributed by atoms with E-state index in [4.69, 9.17) is 0 Å². The van der Waals surface area contributed by atoms with Crippen LogP contribution in [0, 0.1) is 6.92 Å². The third kappa shape index (κ3) is 3.29. The van der Waals surface area contributed by atoms with Crippen LogP contribution in [0.3, 0.4) is 0 Å². The van der Waals surface area contributed by atoms with Gasteiger partial charge in [0.15, 0.2) is 0 Å². The van der Waals surface area contributed by atoms with E-state index < -0.39 is 27.3 Å². The molecule has 1 saturated heterocycles. The number of hydrogen-bond donors (Lipinski definition) is 2. The predicted octanol–water partition coefficient (Wildman–Crippen LogP) is 0.640. The van der Waals surface area contributed by atoms with Crippen molar-refractivity contribution in [1.82, 2.24) is 5.32 Å². The van der Waals surface area contributed by atoms with Crippen LogP contribution in [0.25, 0.3) is 0 Å². The second kappa shape index (κ2) is 5.80. The molecule has 0 spiro atoms. The fraction of sp³-hybridized carbons (Fsp3) is 0.462. The lowest BCUT2D eigenvalue weighted by Gasteiger charge is -2.13. The summed E-state index contributed by atoms with van der Waals surface area (Å²) in [4.78, 5) is 11.4. The van der Waals surface area contributed by atoms with Crippen molar-refractivity contribution in [2.75, 3.05) is 18.4 Å². The number of ether oxygens (including phenoxy) is 1. The van der Waals surface area contributed by atoms with Crippen LogP contribution in [0.5, 0.6) is 0 Å². The zero-order valence-electron chi connectivity index (χ0n) is 11.4. The maximum Gasteiger partial charge on any atom is 0.322 e. The smallest absolute Gasteiger partial charge is 0.322 e. The molecule has 2 N–H and O–H groups in total. The number of nitrogens with one attached hydrogen (secondary N) is 2. The van der Waals surface area contributed by atoms with Gasteiger partial charge in [0.25, 0.3) is 0 Å². The van der Waals surface area contributed by atoms with Crippen molar-refractivity contribution in [3.05, 3.63) is 29.8 Å². The maximum atomic E-state index is 12.3. The van der Waals surface area contributed by atoms with Crippen LogP contribution in [-0.2, 0) is 19.6 Å². The lowest BCUT2D eigenvalue weighted by atomic mass is 10.2. The molecule has 1 aromatic rings. The molecule has 0 radical (unpaired) electrons. The number of esters is 1. The molecule has 1 aromatic carbocycles. The lowest BCUT2D eigenvalue weighted by molar-refractivity contribution is -0.142. The average molecular weight is 298 g/mol. The molecule has 0 aromatic heterocycles. The summed E-state index contributed by atoms with van der Waals surface area (Å²) >= 11 is 0. The van der Waals surface area contributed by atoms with Gasteiger partial charge < -0.3 is 10.1 Å². The molecular formula is C13H18N2O4S. The van der Waals surface area contributed by atoms with E-state index in [1.54, 1.807) is 18.2 Å². The predicted molar refractivity (Wildman–Crippen MR) is 75.9 cm³/mol. The van der Waals surface area contributed by atoms with Crippen LogP contribution in [0.2, 0.25) is 0 Å². The van der Waals surface area contributed by atoms with Gasteiger partial charge in [-0.1, -0.05) is 12.1 Å². The first-order valence-corrected chi connectivity index (χ1v) is 7.86. The number of benzene rings is 1. The molecule has 1 heterocycles. The van der Waals surface area contributed by atoms with Gasteiger partial charge in [-0.25, -0.2) is 8.42 Å². The van der Waals surface area contributed by atoms with Crippen molar-refractivity contribution >= 4 is 21.7 Å². The van der Waals surface area contributed by atoms with E-state index in [9.17, 15) is 13.2 Å². The highest BCUT2D eigenvalue weighted by molar-refractivity contribution is 7.93. The Bertz CT molecular complexity index is 600. The number of carbonyl (C=O) groups is 1. The van der Waals surface area contributed by atoms with Crippen molar-refractivity contribution in [2.24, 2.45) is 0 Å². The van der Waals surface area contributed by atoms with Gasteiger partial charge in [0.1, 0.15) is 6.04 Å². The number of anilines is 1. The van der Waals surface area contributed by atoms with E-state index in [0.717, 1.165) is 5.56 Å². The topological polar surface area (TPSA) is 84.5 Å². The molecule has 1 aliphatic heterocycles. The Labute approximate surface area is 118 Å². The number of methoxy groups -OCH3 is 1. The minimum absolute atomic E-state index is 0.216. The summed E-state index contributed by atoms with van der Waals surface area (Å²) in [5.74, 6) is -0.432. The molecule has 1 fully saturated rings. The monoisotopic (exact) mass is 298 g/mol. The van der Waals surface area contributed by atoms with Gasteiger partial charge in [0.2, 0.25) is 10.0 Å². The molecule has 7 heteroatoms. The number of rotatable bonds is 4. The van der Waals surface area contributed by atoms with E-state index in [0.29, 0.717) is 5.69 Å². The summed E-state index contributed by atoms with van der Waals surface area (Å²) in [6.45, 7) is 2.13. The van der Waals surface area contributed by atoms with Gasteiger partial charge >= 0.3 is 5.97 Å². The normalized spacial score (nSPS) is 22.5. The van der Waals surface area contributed by atoms with Crippen molar-refractivity contribution < 1.29 is 17.9 Å². The van der Waals surface area contributed by atoms with Gasteiger partial charge in [0, 0.05) is 12.2 Å². The second-order valence-corrected chi connectivity index (χ2v) is 6.82. The first-order chi connectivity index (χ1) is 9.42. The molecule has 2 atom stereocenters. The Morgan fingerprint density at radius 3 is 2.85 bits per heavy atom. The Morgan fingerprint density at radius 2 is 2.20 bits per heavy atom. The number of hydrogen-bond acceptors (Lipinski definition) is 5. The first-order valence-electron chi connectivity index (χ1n) is 6.32.